The molecule has 32 heavy (non-hydrogen) atoms. The third-order valence-corrected chi connectivity index (χ3v) is 7.30. The first-order chi connectivity index (χ1) is 15.3. The summed E-state index contributed by atoms with van der Waals surface area (Å²) in [5.41, 5.74) is 3.75. The predicted octanol–water partition coefficient (Wildman–Crippen LogP) is 4.88. The van der Waals surface area contributed by atoms with Gasteiger partial charge in [0.15, 0.2) is 0 Å². The van der Waals surface area contributed by atoms with Gasteiger partial charge in [-0.1, -0.05) is 68.4 Å². The first-order valence-corrected chi connectivity index (χ1v) is 12.3. The maximum absolute atomic E-state index is 13.4. The number of amides is 1. The van der Waals surface area contributed by atoms with Gasteiger partial charge in [0.05, 0.1) is 16.6 Å². The van der Waals surface area contributed by atoms with Crippen molar-refractivity contribution in [3.05, 3.63) is 95.6 Å². The Bertz CT molecular complexity index is 1130. The average Bonchev–Trinajstić information content (AvgIpc) is 2.83. The molecule has 3 rings (SSSR count). The lowest BCUT2D eigenvalue weighted by molar-refractivity contribution is -0.120. The molecule has 3 aromatic rings. The highest BCUT2D eigenvalue weighted by Gasteiger charge is 2.27. The molecule has 0 saturated carbocycles. The second-order valence-corrected chi connectivity index (χ2v) is 9.59. The van der Waals surface area contributed by atoms with Gasteiger partial charge in [0.1, 0.15) is 6.54 Å². The van der Waals surface area contributed by atoms with E-state index in [0.717, 1.165) is 24.0 Å². The molecule has 0 radical (unpaired) electrons. The Balaban J connectivity index is 1.85. The Morgan fingerprint density at radius 2 is 1.38 bits per heavy atom. The Kier molecular flexibility index (Phi) is 7.70. The lowest BCUT2D eigenvalue weighted by Gasteiger charge is -2.25. The van der Waals surface area contributed by atoms with Gasteiger partial charge in [-0.15, -0.1) is 0 Å². The smallest absolute Gasteiger partial charge is 0.264 e. The molecule has 1 N–H and O–H groups in total. The zero-order valence-electron chi connectivity index (χ0n) is 18.8. The Morgan fingerprint density at radius 1 is 0.844 bits per heavy atom. The summed E-state index contributed by atoms with van der Waals surface area (Å²) in [5.74, 6) is -0.365. The molecule has 0 aliphatic carbocycles. The van der Waals surface area contributed by atoms with Gasteiger partial charge in [0, 0.05) is 0 Å². The summed E-state index contributed by atoms with van der Waals surface area (Å²) in [4.78, 5) is 13.1. The number of nitrogens with one attached hydrogen (secondary N) is 1. The van der Waals surface area contributed by atoms with Crippen molar-refractivity contribution in [3.63, 3.8) is 0 Å². The molecule has 3 aromatic carbocycles. The first kappa shape index (κ1) is 23.5. The molecule has 1 amide bonds. The van der Waals surface area contributed by atoms with Gasteiger partial charge < -0.3 is 5.32 Å². The number of nitrogens with zero attached hydrogens (tertiary/aromatic N) is 1. The van der Waals surface area contributed by atoms with Gasteiger partial charge in [-0.2, -0.15) is 0 Å². The Morgan fingerprint density at radius 3 is 1.91 bits per heavy atom. The summed E-state index contributed by atoms with van der Waals surface area (Å²) in [6.45, 7) is 5.72. The highest BCUT2D eigenvalue weighted by molar-refractivity contribution is 7.92. The summed E-state index contributed by atoms with van der Waals surface area (Å²) < 4.78 is 28.0. The van der Waals surface area contributed by atoms with Crippen LogP contribution in [-0.4, -0.2) is 20.9 Å². The number of sulfonamides is 1. The monoisotopic (exact) mass is 450 g/mol. The lowest BCUT2D eigenvalue weighted by atomic mass is 10.1. The van der Waals surface area contributed by atoms with Crippen LogP contribution in [0, 0.1) is 0 Å². The minimum atomic E-state index is -3.91. The van der Waals surface area contributed by atoms with Crippen LogP contribution in [-0.2, 0) is 27.7 Å². The minimum absolute atomic E-state index is 0.149. The summed E-state index contributed by atoms with van der Waals surface area (Å²) in [7, 11) is -3.91. The van der Waals surface area contributed by atoms with E-state index >= 15 is 0 Å². The Hall–Kier alpha value is -3.12. The van der Waals surface area contributed by atoms with Crippen LogP contribution in [0.15, 0.2) is 83.8 Å². The average molecular weight is 451 g/mol. The number of carbonyl (C=O) groups is 1. The fourth-order valence-corrected chi connectivity index (χ4v) is 4.92. The summed E-state index contributed by atoms with van der Waals surface area (Å²) >= 11 is 0. The molecule has 0 saturated heterocycles. The standard InChI is InChI=1S/C26H30N2O3S/c1-4-21-11-15-23(16-12-21)20(3)27-26(29)19-28(24-17-13-22(5-2)14-18-24)32(30,31)25-9-7-6-8-10-25/h6-18,20H,4-5,19H2,1-3H3,(H,27,29)/t20-/m0/s1. The normalized spacial score (nSPS) is 12.2. The SMILES string of the molecule is CCc1ccc([C@H](C)NC(=O)CN(c2ccc(CC)cc2)S(=O)(=O)c2ccccc2)cc1. The maximum atomic E-state index is 13.4. The van der Waals surface area contributed by atoms with E-state index in [1.54, 1.807) is 42.5 Å². The van der Waals surface area contributed by atoms with Crippen molar-refractivity contribution < 1.29 is 13.2 Å². The predicted molar refractivity (Wildman–Crippen MR) is 129 cm³/mol. The molecule has 0 aliphatic heterocycles. The number of carbonyl (C=O) groups excluding carboxylic acids is 1. The second-order valence-electron chi connectivity index (χ2n) is 7.73. The van der Waals surface area contributed by atoms with Crippen LogP contribution < -0.4 is 9.62 Å². The minimum Gasteiger partial charge on any atom is -0.348 e. The topological polar surface area (TPSA) is 66.5 Å². The van der Waals surface area contributed by atoms with E-state index in [-0.39, 0.29) is 23.4 Å². The highest BCUT2D eigenvalue weighted by atomic mass is 32.2. The third kappa shape index (κ3) is 5.56. The fraction of sp³-hybridized carbons (Fsp3) is 0.269. The van der Waals surface area contributed by atoms with E-state index in [0.29, 0.717) is 5.69 Å². The van der Waals surface area contributed by atoms with Gasteiger partial charge in [-0.05, 0) is 60.7 Å². The fourth-order valence-electron chi connectivity index (χ4n) is 3.48. The van der Waals surface area contributed by atoms with Gasteiger partial charge in [0.25, 0.3) is 10.0 Å². The summed E-state index contributed by atoms with van der Waals surface area (Å²) in [6.07, 6.45) is 1.80. The zero-order chi connectivity index (χ0) is 23.1. The second kappa shape index (κ2) is 10.5. The van der Waals surface area contributed by atoms with Crippen LogP contribution in [0.3, 0.4) is 0 Å². The van der Waals surface area contributed by atoms with Crippen molar-refractivity contribution in [2.75, 3.05) is 10.8 Å². The largest absolute Gasteiger partial charge is 0.348 e. The van der Waals surface area contributed by atoms with E-state index in [9.17, 15) is 13.2 Å². The zero-order valence-corrected chi connectivity index (χ0v) is 19.6. The number of benzene rings is 3. The summed E-state index contributed by atoms with van der Waals surface area (Å²) in [5, 5.41) is 2.93. The molecule has 168 valence electrons. The van der Waals surface area contributed by atoms with Crippen molar-refractivity contribution in [2.45, 2.75) is 44.6 Å². The van der Waals surface area contributed by atoms with E-state index in [4.69, 9.17) is 0 Å². The molecule has 6 heteroatoms. The highest BCUT2D eigenvalue weighted by Crippen LogP contribution is 2.24. The van der Waals surface area contributed by atoms with Crippen molar-refractivity contribution in [1.82, 2.24) is 5.32 Å². The van der Waals surface area contributed by atoms with Crippen LogP contribution in [0.25, 0.3) is 0 Å². The number of anilines is 1. The number of aryl methyl sites for hydroxylation is 2. The molecule has 0 bridgehead atoms. The lowest BCUT2D eigenvalue weighted by Crippen LogP contribution is -2.41. The van der Waals surface area contributed by atoms with E-state index in [1.165, 1.54) is 9.87 Å². The molecule has 0 heterocycles. The molecule has 1 atom stereocenters. The van der Waals surface area contributed by atoms with E-state index in [2.05, 4.69) is 12.2 Å². The number of hydrogen-bond acceptors (Lipinski definition) is 3. The quantitative estimate of drug-likeness (QED) is 0.505. The maximum Gasteiger partial charge on any atom is 0.264 e. The molecule has 0 aromatic heterocycles. The van der Waals surface area contributed by atoms with Gasteiger partial charge >= 0.3 is 0 Å². The number of rotatable bonds is 9. The van der Waals surface area contributed by atoms with Crippen LogP contribution in [0.2, 0.25) is 0 Å². The van der Waals surface area contributed by atoms with Crippen LogP contribution in [0.1, 0.15) is 43.5 Å². The van der Waals surface area contributed by atoms with Gasteiger partial charge in [0.2, 0.25) is 5.91 Å². The molecule has 0 unspecified atom stereocenters. The van der Waals surface area contributed by atoms with Crippen LogP contribution in [0.5, 0.6) is 0 Å². The molecular weight excluding hydrogens is 420 g/mol. The molecule has 0 aliphatic rings. The van der Waals surface area contributed by atoms with Crippen LogP contribution >= 0.6 is 0 Å². The van der Waals surface area contributed by atoms with Crippen molar-refractivity contribution in [2.24, 2.45) is 0 Å². The van der Waals surface area contributed by atoms with Crippen LogP contribution in [0.4, 0.5) is 5.69 Å². The van der Waals surface area contributed by atoms with Gasteiger partial charge in [-0.3, -0.25) is 9.10 Å². The van der Waals surface area contributed by atoms with E-state index in [1.807, 2.05) is 50.2 Å². The molecule has 0 fully saturated rings. The molecule has 5 nitrogen and oxygen atoms in total. The van der Waals surface area contributed by atoms with Crippen molar-refractivity contribution in [1.29, 1.82) is 0 Å². The molecule has 0 spiro atoms. The van der Waals surface area contributed by atoms with Crippen molar-refractivity contribution >= 4 is 21.6 Å². The Labute approximate surface area is 191 Å². The summed E-state index contributed by atoms with van der Waals surface area (Å²) in [6, 6.07) is 23.3. The van der Waals surface area contributed by atoms with Crippen molar-refractivity contribution in [3.8, 4) is 0 Å². The third-order valence-electron chi connectivity index (χ3n) is 5.52. The first-order valence-electron chi connectivity index (χ1n) is 10.9. The van der Waals surface area contributed by atoms with Gasteiger partial charge in [-0.25, -0.2) is 8.42 Å². The number of hydrogen-bond donors (Lipinski definition) is 1. The molecular formula is C26H30N2O3S. The van der Waals surface area contributed by atoms with E-state index < -0.39 is 10.0 Å².